The summed E-state index contributed by atoms with van der Waals surface area (Å²) in [6.45, 7) is 1.00. The maximum atomic E-state index is 11.2. The Morgan fingerprint density at radius 3 is 2.73 bits per heavy atom. The Bertz CT molecular complexity index is 161. The summed E-state index contributed by atoms with van der Waals surface area (Å²) in [5, 5.41) is 3.32. The maximum absolute atomic E-state index is 11.2. The van der Waals surface area contributed by atoms with Gasteiger partial charge in [-0.3, -0.25) is 4.79 Å². The summed E-state index contributed by atoms with van der Waals surface area (Å²) in [4.78, 5) is 11.2. The normalized spacial score (nSPS) is 41.0. The van der Waals surface area contributed by atoms with Crippen molar-refractivity contribution in [1.82, 2.24) is 5.32 Å². The number of ether oxygens (including phenoxy) is 1. The molecule has 2 fully saturated rings. The minimum atomic E-state index is -0.0255. The lowest BCUT2D eigenvalue weighted by atomic mass is 9.99. The first-order chi connectivity index (χ1) is 5.33. The van der Waals surface area contributed by atoms with Crippen molar-refractivity contribution >= 4 is 5.97 Å². The highest BCUT2D eigenvalue weighted by atomic mass is 16.5. The Labute approximate surface area is 66.1 Å². The van der Waals surface area contributed by atoms with Gasteiger partial charge < -0.3 is 10.1 Å². The molecule has 0 spiro atoms. The minimum Gasteiger partial charge on any atom is -0.469 e. The van der Waals surface area contributed by atoms with Crippen LogP contribution in [0, 0.1) is 11.8 Å². The van der Waals surface area contributed by atoms with Crippen LogP contribution in [0.15, 0.2) is 0 Å². The average molecular weight is 155 g/mol. The maximum Gasteiger partial charge on any atom is 0.310 e. The van der Waals surface area contributed by atoms with Crippen molar-refractivity contribution in [3.05, 3.63) is 0 Å². The number of nitrogens with one attached hydrogen (secondary N) is 1. The van der Waals surface area contributed by atoms with Crippen LogP contribution in [0.25, 0.3) is 0 Å². The zero-order valence-electron chi connectivity index (χ0n) is 6.67. The molecule has 1 saturated heterocycles. The number of rotatable bonds is 1. The van der Waals surface area contributed by atoms with Crippen LogP contribution in [0.5, 0.6) is 0 Å². The van der Waals surface area contributed by atoms with Gasteiger partial charge in [0.1, 0.15) is 0 Å². The molecule has 0 aromatic carbocycles. The molecule has 1 aliphatic carbocycles. The first-order valence-electron chi connectivity index (χ1n) is 4.14. The molecule has 2 bridgehead atoms. The Hall–Kier alpha value is -0.570. The van der Waals surface area contributed by atoms with Crippen molar-refractivity contribution < 1.29 is 9.53 Å². The van der Waals surface area contributed by atoms with E-state index in [2.05, 4.69) is 5.32 Å². The molecule has 11 heavy (non-hydrogen) atoms. The van der Waals surface area contributed by atoms with Gasteiger partial charge in [-0.15, -0.1) is 0 Å². The highest BCUT2D eigenvalue weighted by Gasteiger charge is 2.46. The number of fused-ring (bicyclic) bond motifs is 2. The van der Waals surface area contributed by atoms with Crippen LogP contribution in [0.2, 0.25) is 0 Å². The largest absolute Gasteiger partial charge is 0.469 e. The van der Waals surface area contributed by atoms with E-state index >= 15 is 0 Å². The summed E-state index contributed by atoms with van der Waals surface area (Å²) >= 11 is 0. The zero-order valence-corrected chi connectivity index (χ0v) is 6.67. The average Bonchev–Trinajstić information content (AvgIpc) is 2.61. The Morgan fingerprint density at radius 2 is 2.36 bits per heavy atom. The molecule has 1 heterocycles. The van der Waals surface area contributed by atoms with Crippen LogP contribution in [-0.4, -0.2) is 25.7 Å². The lowest BCUT2D eigenvalue weighted by Gasteiger charge is -2.10. The van der Waals surface area contributed by atoms with Crippen LogP contribution in [0.3, 0.4) is 0 Å². The molecule has 0 amide bonds. The molecule has 62 valence electrons. The molecule has 3 atom stereocenters. The van der Waals surface area contributed by atoms with Gasteiger partial charge in [-0.05, 0) is 25.3 Å². The molecule has 3 nitrogen and oxygen atoms in total. The van der Waals surface area contributed by atoms with Gasteiger partial charge >= 0.3 is 5.97 Å². The van der Waals surface area contributed by atoms with Crippen molar-refractivity contribution in [2.45, 2.75) is 18.9 Å². The first kappa shape index (κ1) is 7.10. The summed E-state index contributed by atoms with van der Waals surface area (Å²) in [6, 6.07) is 0.410. The fourth-order valence-electron chi connectivity index (χ4n) is 2.33. The van der Waals surface area contributed by atoms with Crippen LogP contribution in [0.1, 0.15) is 12.8 Å². The zero-order chi connectivity index (χ0) is 7.84. The molecular formula is C8H13NO2. The molecule has 1 saturated carbocycles. The highest BCUT2D eigenvalue weighted by Crippen LogP contribution is 2.37. The van der Waals surface area contributed by atoms with Crippen molar-refractivity contribution in [2.75, 3.05) is 13.7 Å². The van der Waals surface area contributed by atoms with Crippen molar-refractivity contribution in [1.29, 1.82) is 0 Å². The van der Waals surface area contributed by atoms with Gasteiger partial charge in [0.05, 0.1) is 13.0 Å². The second-order valence-corrected chi connectivity index (χ2v) is 3.40. The molecule has 0 unspecified atom stereocenters. The van der Waals surface area contributed by atoms with Crippen LogP contribution >= 0.6 is 0 Å². The summed E-state index contributed by atoms with van der Waals surface area (Å²) in [7, 11) is 1.47. The summed E-state index contributed by atoms with van der Waals surface area (Å²) in [5.41, 5.74) is 0. The number of hydrogen-bond donors (Lipinski definition) is 1. The Morgan fingerprint density at radius 1 is 1.55 bits per heavy atom. The van der Waals surface area contributed by atoms with E-state index in [1.54, 1.807) is 0 Å². The van der Waals surface area contributed by atoms with Gasteiger partial charge in [-0.25, -0.2) is 0 Å². The van der Waals surface area contributed by atoms with Gasteiger partial charge in [0.2, 0.25) is 0 Å². The van der Waals surface area contributed by atoms with Crippen molar-refractivity contribution in [3.8, 4) is 0 Å². The summed E-state index contributed by atoms with van der Waals surface area (Å²) < 4.78 is 4.74. The predicted molar refractivity (Wildman–Crippen MR) is 40.0 cm³/mol. The molecule has 3 heteroatoms. The molecule has 0 radical (unpaired) electrons. The number of piperidine rings is 1. The molecule has 0 aromatic heterocycles. The third-order valence-corrected chi connectivity index (χ3v) is 2.91. The van der Waals surface area contributed by atoms with Gasteiger partial charge in [0, 0.05) is 6.04 Å². The Kier molecular flexibility index (Phi) is 1.60. The lowest BCUT2D eigenvalue weighted by Crippen LogP contribution is -2.29. The monoisotopic (exact) mass is 155 g/mol. The van der Waals surface area contributed by atoms with E-state index in [1.807, 2.05) is 0 Å². The van der Waals surface area contributed by atoms with Gasteiger partial charge in [0.25, 0.3) is 0 Å². The summed E-state index contributed by atoms with van der Waals surface area (Å²) in [6.07, 6.45) is 2.34. The van der Waals surface area contributed by atoms with Gasteiger partial charge in [-0.1, -0.05) is 0 Å². The van der Waals surface area contributed by atoms with Crippen molar-refractivity contribution in [3.63, 3.8) is 0 Å². The van der Waals surface area contributed by atoms with Crippen molar-refractivity contribution in [2.24, 2.45) is 11.8 Å². The second kappa shape index (κ2) is 2.48. The van der Waals surface area contributed by atoms with E-state index < -0.39 is 0 Å². The molecule has 2 rings (SSSR count). The Balaban J connectivity index is 2.09. The number of methoxy groups -OCH3 is 1. The van der Waals surface area contributed by atoms with Crippen LogP contribution in [-0.2, 0) is 9.53 Å². The van der Waals surface area contributed by atoms with Crippen LogP contribution in [0.4, 0.5) is 0 Å². The smallest absolute Gasteiger partial charge is 0.310 e. The molecule has 0 aromatic rings. The number of hydrogen-bond acceptors (Lipinski definition) is 3. The summed E-state index contributed by atoms with van der Waals surface area (Å²) in [5.74, 6) is 0.676. The SMILES string of the molecule is COC(=O)[C@@H]1[C@H]2CC[C@H]1NC2. The van der Waals surface area contributed by atoms with E-state index in [1.165, 1.54) is 13.5 Å². The van der Waals surface area contributed by atoms with E-state index in [4.69, 9.17) is 4.74 Å². The number of carbonyl (C=O) groups excluding carboxylic acids is 1. The van der Waals surface area contributed by atoms with Gasteiger partial charge in [-0.2, -0.15) is 0 Å². The fourth-order valence-corrected chi connectivity index (χ4v) is 2.33. The van der Waals surface area contributed by atoms with E-state index in [0.717, 1.165) is 13.0 Å². The molecular weight excluding hydrogens is 142 g/mol. The van der Waals surface area contributed by atoms with E-state index in [9.17, 15) is 4.79 Å². The molecule has 1 N–H and O–H groups in total. The minimum absolute atomic E-state index is 0.0255. The molecule has 1 aliphatic heterocycles. The number of esters is 1. The van der Waals surface area contributed by atoms with Gasteiger partial charge in [0.15, 0.2) is 0 Å². The van der Waals surface area contributed by atoms with Crippen LogP contribution < -0.4 is 5.32 Å². The van der Waals surface area contributed by atoms with E-state index in [0.29, 0.717) is 12.0 Å². The second-order valence-electron chi connectivity index (χ2n) is 3.40. The van der Waals surface area contributed by atoms with E-state index in [-0.39, 0.29) is 11.9 Å². The third kappa shape index (κ3) is 0.948. The quantitative estimate of drug-likeness (QED) is 0.548. The predicted octanol–water partition coefficient (Wildman–Crippen LogP) is 0.157. The first-order valence-corrected chi connectivity index (χ1v) is 4.14. The topological polar surface area (TPSA) is 38.3 Å². The number of carbonyl (C=O) groups is 1. The fraction of sp³-hybridized carbons (Fsp3) is 0.875. The lowest BCUT2D eigenvalue weighted by molar-refractivity contribution is -0.146. The third-order valence-electron chi connectivity index (χ3n) is 2.91. The standard InChI is InChI=1S/C8H13NO2/c1-11-8(10)7-5-2-3-6(7)9-4-5/h5-7,9H,2-4H2,1H3/t5-,6+,7+/m0/s1. The molecule has 2 aliphatic rings. The highest BCUT2D eigenvalue weighted by molar-refractivity contribution is 5.74.